The number of likely N-dealkylation sites (tertiary alicyclic amines) is 1. The van der Waals surface area contributed by atoms with Gasteiger partial charge in [0.1, 0.15) is 18.0 Å². The highest BCUT2D eigenvalue weighted by Gasteiger charge is 2.28. The predicted molar refractivity (Wildman–Crippen MR) is 139 cm³/mol. The van der Waals surface area contributed by atoms with Crippen molar-refractivity contribution in [1.29, 1.82) is 0 Å². The van der Waals surface area contributed by atoms with Crippen LogP contribution < -0.4 is 4.74 Å². The summed E-state index contributed by atoms with van der Waals surface area (Å²) in [5.74, 6) is 2.07. The monoisotopic (exact) mass is 479 g/mol. The fourth-order valence-corrected chi connectivity index (χ4v) is 5.02. The second-order valence-corrected chi connectivity index (χ2v) is 11.1. The van der Waals surface area contributed by atoms with Crippen molar-refractivity contribution in [3.8, 4) is 5.75 Å². The number of carbonyl (C=O) groups is 1. The van der Waals surface area contributed by atoms with Crippen molar-refractivity contribution < 1.29 is 19.0 Å². The lowest BCUT2D eigenvalue weighted by atomic mass is 9.82. The minimum Gasteiger partial charge on any atom is -0.489 e. The summed E-state index contributed by atoms with van der Waals surface area (Å²) in [6.45, 7) is 8.68. The molecule has 1 aliphatic carbocycles. The highest BCUT2D eigenvalue weighted by atomic mass is 16.6. The lowest BCUT2D eigenvalue weighted by Crippen LogP contribution is -2.42. The van der Waals surface area contributed by atoms with Gasteiger partial charge in [-0.1, -0.05) is 42.5 Å². The first-order chi connectivity index (χ1) is 16.9. The van der Waals surface area contributed by atoms with Gasteiger partial charge in [-0.15, -0.1) is 0 Å². The zero-order valence-electron chi connectivity index (χ0n) is 21.6. The summed E-state index contributed by atoms with van der Waals surface area (Å²) >= 11 is 0. The molecule has 1 amide bonds. The fourth-order valence-electron chi connectivity index (χ4n) is 5.02. The zero-order valence-corrected chi connectivity index (χ0v) is 21.6. The van der Waals surface area contributed by atoms with E-state index in [2.05, 4.69) is 36.4 Å². The Bertz CT molecular complexity index is 906. The molecule has 1 saturated carbocycles. The zero-order chi connectivity index (χ0) is 24.7. The number of rotatable bonds is 7. The molecule has 0 N–H and O–H groups in total. The Morgan fingerprint density at radius 1 is 0.886 bits per heavy atom. The van der Waals surface area contributed by atoms with Crippen LogP contribution in [0.1, 0.15) is 76.3 Å². The molecular formula is C30H41NO4. The van der Waals surface area contributed by atoms with Gasteiger partial charge in [-0.05, 0) is 94.4 Å². The summed E-state index contributed by atoms with van der Waals surface area (Å²) in [4.78, 5) is 14.1. The molecule has 5 nitrogen and oxygen atoms in total. The third-order valence-corrected chi connectivity index (χ3v) is 7.11. The Balaban J connectivity index is 1.13. The SMILES string of the molecule is CC(C)(C)OC(=O)N1CCC(COC2CCC(c3ccc(OCc4ccccc4)cc3)CC2)CC1. The van der Waals surface area contributed by atoms with Crippen LogP contribution in [0, 0.1) is 5.92 Å². The van der Waals surface area contributed by atoms with E-state index >= 15 is 0 Å². The van der Waals surface area contributed by atoms with Crippen molar-refractivity contribution in [2.45, 2.75) is 83.5 Å². The van der Waals surface area contributed by atoms with E-state index in [1.807, 2.05) is 43.9 Å². The fraction of sp³-hybridized carbons (Fsp3) is 0.567. The van der Waals surface area contributed by atoms with Gasteiger partial charge in [0.2, 0.25) is 0 Å². The second-order valence-electron chi connectivity index (χ2n) is 11.1. The molecule has 0 aromatic heterocycles. The van der Waals surface area contributed by atoms with Gasteiger partial charge in [0.25, 0.3) is 0 Å². The number of benzene rings is 2. The molecule has 2 aromatic rings. The molecular weight excluding hydrogens is 438 g/mol. The molecule has 35 heavy (non-hydrogen) atoms. The molecule has 0 spiro atoms. The highest BCUT2D eigenvalue weighted by molar-refractivity contribution is 5.68. The van der Waals surface area contributed by atoms with Crippen LogP contribution >= 0.6 is 0 Å². The molecule has 0 bridgehead atoms. The number of carbonyl (C=O) groups excluding carboxylic acids is 1. The molecule has 4 rings (SSSR count). The van der Waals surface area contributed by atoms with E-state index in [0.29, 0.717) is 24.5 Å². The van der Waals surface area contributed by atoms with Crippen molar-refractivity contribution in [2.24, 2.45) is 5.92 Å². The van der Waals surface area contributed by atoms with Crippen LogP contribution in [0.2, 0.25) is 0 Å². The molecule has 1 aliphatic heterocycles. The van der Waals surface area contributed by atoms with Gasteiger partial charge in [-0.25, -0.2) is 4.79 Å². The van der Waals surface area contributed by atoms with Crippen LogP contribution in [-0.4, -0.2) is 42.4 Å². The van der Waals surface area contributed by atoms with Crippen molar-refractivity contribution in [3.05, 3.63) is 65.7 Å². The van der Waals surface area contributed by atoms with Crippen LogP contribution in [0.5, 0.6) is 5.75 Å². The van der Waals surface area contributed by atoms with E-state index in [4.69, 9.17) is 14.2 Å². The van der Waals surface area contributed by atoms with E-state index < -0.39 is 5.60 Å². The number of hydrogen-bond acceptors (Lipinski definition) is 4. The van der Waals surface area contributed by atoms with E-state index in [1.54, 1.807) is 0 Å². The maximum atomic E-state index is 12.2. The lowest BCUT2D eigenvalue weighted by Gasteiger charge is -2.34. The van der Waals surface area contributed by atoms with Gasteiger partial charge in [0, 0.05) is 19.7 Å². The molecule has 2 aromatic carbocycles. The van der Waals surface area contributed by atoms with Crippen LogP contribution in [0.15, 0.2) is 54.6 Å². The van der Waals surface area contributed by atoms with Gasteiger partial charge in [-0.3, -0.25) is 0 Å². The molecule has 2 fully saturated rings. The Morgan fingerprint density at radius 3 is 2.17 bits per heavy atom. The Morgan fingerprint density at radius 2 is 1.54 bits per heavy atom. The molecule has 5 heteroatoms. The first kappa shape index (κ1) is 25.6. The summed E-state index contributed by atoms with van der Waals surface area (Å²) < 4.78 is 17.8. The van der Waals surface area contributed by atoms with Crippen LogP contribution in [-0.2, 0) is 16.1 Å². The first-order valence-electron chi connectivity index (χ1n) is 13.2. The highest BCUT2D eigenvalue weighted by Crippen LogP contribution is 2.35. The Labute approximate surface area is 210 Å². The molecule has 2 aliphatic rings. The molecule has 0 unspecified atom stereocenters. The van der Waals surface area contributed by atoms with E-state index in [9.17, 15) is 4.79 Å². The van der Waals surface area contributed by atoms with Crippen molar-refractivity contribution in [2.75, 3.05) is 19.7 Å². The number of ether oxygens (including phenoxy) is 3. The van der Waals surface area contributed by atoms with Crippen LogP contribution in [0.3, 0.4) is 0 Å². The summed E-state index contributed by atoms with van der Waals surface area (Å²) in [6, 6.07) is 18.9. The maximum Gasteiger partial charge on any atom is 0.410 e. The smallest absolute Gasteiger partial charge is 0.410 e. The Kier molecular flexibility index (Phi) is 8.72. The van der Waals surface area contributed by atoms with Crippen LogP contribution in [0.4, 0.5) is 4.79 Å². The molecule has 1 saturated heterocycles. The van der Waals surface area contributed by atoms with Crippen molar-refractivity contribution in [3.63, 3.8) is 0 Å². The summed E-state index contributed by atoms with van der Waals surface area (Å²) in [5, 5.41) is 0. The van der Waals surface area contributed by atoms with Crippen LogP contribution in [0.25, 0.3) is 0 Å². The normalized spacial score (nSPS) is 21.5. The quantitative estimate of drug-likeness (QED) is 0.431. The minimum atomic E-state index is -0.436. The van der Waals surface area contributed by atoms with Gasteiger partial charge in [0.15, 0.2) is 0 Å². The summed E-state index contributed by atoms with van der Waals surface area (Å²) in [6.07, 6.45) is 6.74. The van der Waals surface area contributed by atoms with Gasteiger partial charge in [-0.2, -0.15) is 0 Å². The van der Waals surface area contributed by atoms with Crippen molar-refractivity contribution >= 4 is 6.09 Å². The van der Waals surface area contributed by atoms with Crippen molar-refractivity contribution in [1.82, 2.24) is 4.90 Å². The number of hydrogen-bond donors (Lipinski definition) is 0. The largest absolute Gasteiger partial charge is 0.489 e. The number of piperidine rings is 1. The number of nitrogens with zero attached hydrogens (tertiary/aromatic N) is 1. The molecule has 1 heterocycles. The average Bonchev–Trinajstić information content (AvgIpc) is 2.87. The third kappa shape index (κ3) is 7.99. The van der Waals surface area contributed by atoms with Gasteiger partial charge >= 0.3 is 6.09 Å². The van der Waals surface area contributed by atoms with Gasteiger partial charge in [0.05, 0.1) is 6.10 Å². The van der Waals surface area contributed by atoms with Gasteiger partial charge < -0.3 is 19.1 Å². The lowest BCUT2D eigenvalue weighted by molar-refractivity contribution is -0.0143. The molecule has 0 radical (unpaired) electrons. The second kappa shape index (κ2) is 11.9. The predicted octanol–water partition coefficient (Wildman–Crippen LogP) is 6.96. The first-order valence-corrected chi connectivity index (χ1v) is 13.2. The topological polar surface area (TPSA) is 48.0 Å². The van der Waals surface area contributed by atoms with E-state index in [-0.39, 0.29) is 6.09 Å². The molecule has 0 atom stereocenters. The average molecular weight is 480 g/mol. The third-order valence-electron chi connectivity index (χ3n) is 7.11. The standard InChI is InChI=1S/C30H41NO4/c1-30(2,3)35-29(32)31-19-17-24(18-20-31)22-34-28-15-11-26(12-16-28)25-9-13-27(14-10-25)33-21-23-7-5-4-6-8-23/h4-10,13-14,24,26,28H,11-12,15-22H2,1-3H3. The molecule has 190 valence electrons. The summed E-state index contributed by atoms with van der Waals surface area (Å²) in [7, 11) is 0. The summed E-state index contributed by atoms with van der Waals surface area (Å²) in [5.41, 5.74) is 2.15. The maximum absolute atomic E-state index is 12.2. The van der Waals surface area contributed by atoms with E-state index in [0.717, 1.165) is 51.1 Å². The minimum absolute atomic E-state index is 0.189. The number of amides is 1. The Hall–Kier alpha value is -2.53. The van der Waals surface area contributed by atoms with E-state index in [1.165, 1.54) is 24.0 Å².